The molecule has 0 radical (unpaired) electrons. The summed E-state index contributed by atoms with van der Waals surface area (Å²) in [5.41, 5.74) is 11.5. The van der Waals surface area contributed by atoms with Gasteiger partial charge in [0.05, 0.1) is 27.8 Å². The number of hydrogen-bond acceptors (Lipinski definition) is 3. The maximum atomic E-state index is 6.76. The Morgan fingerprint density at radius 3 is 2.15 bits per heavy atom. The van der Waals surface area contributed by atoms with E-state index in [4.69, 9.17) is 9.41 Å². The van der Waals surface area contributed by atoms with Crippen molar-refractivity contribution in [2.24, 2.45) is 4.99 Å². The van der Waals surface area contributed by atoms with Crippen LogP contribution in [-0.2, 0) is 6.67 Å². The fraction of sp³-hybridized carbons (Fsp3) is 0.0408. The van der Waals surface area contributed by atoms with Gasteiger partial charge in [0.2, 0.25) is 0 Å². The predicted octanol–water partition coefficient (Wildman–Crippen LogP) is 12.5. The molecule has 1 N–H and O–H groups in total. The molecule has 8 aromatic carbocycles. The number of anilines is 1. The van der Waals surface area contributed by atoms with Crippen LogP contribution >= 0.6 is 0 Å². The van der Waals surface area contributed by atoms with Crippen LogP contribution in [0.15, 0.2) is 179 Å². The summed E-state index contributed by atoms with van der Waals surface area (Å²) in [6, 6.07) is 60.4. The Morgan fingerprint density at radius 2 is 1.30 bits per heavy atom. The van der Waals surface area contributed by atoms with E-state index in [0.717, 1.165) is 72.1 Å². The van der Waals surface area contributed by atoms with Crippen molar-refractivity contribution >= 4 is 87.7 Å². The van der Waals surface area contributed by atoms with Crippen molar-refractivity contribution in [3.8, 4) is 5.69 Å². The maximum absolute atomic E-state index is 6.76. The van der Waals surface area contributed by atoms with E-state index in [9.17, 15) is 0 Å². The van der Waals surface area contributed by atoms with Gasteiger partial charge in [-0.3, -0.25) is 4.99 Å². The van der Waals surface area contributed by atoms with Crippen LogP contribution in [-0.4, -0.2) is 21.9 Å². The number of rotatable bonds is 6. The molecule has 0 fully saturated rings. The van der Waals surface area contributed by atoms with E-state index in [0.29, 0.717) is 6.67 Å². The summed E-state index contributed by atoms with van der Waals surface area (Å²) in [4.78, 5) is 5.51. The van der Waals surface area contributed by atoms with E-state index in [1.54, 1.807) is 0 Å². The lowest BCUT2D eigenvalue weighted by atomic mass is 10.0. The second-order valence-electron chi connectivity index (χ2n) is 13.9. The fourth-order valence-electron chi connectivity index (χ4n) is 8.62. The summed E-state index contributed by atoms with van der Waals surface area (Å²) in [7, 11) is 1.97. The molecule has 5 heteroatoms. The van der Waals surface area contributed by atoms with Crippen LogP contribution in [0.25, 0.3) is 82.0 Å². The van der Waals surface area contributed by atoms with Gasteiger partial charge in [0.25, 0.3) is 0 Å². The first-order valence-corrected chi connectivity index (χ1v) is 18.4. The van der Waals surface area contributed by atoms with Gasteiger partial charge in [-0.25, -0.2) is 0 Å². The van der Waals surface area contributed by atoms with E-state index < -0.39 is 0 Å². The molecule has 0 spiro atoms. The van der Waals surface area contributed by atoms with Crippen molar-refractivity contribution in [2.45, 2.75) is 6.67 Å². The number of para-hydroxylation sites is 3. The van der Waals surface area contributed by atoms with Crippen molar-refractivity contribution in [3.05, 3.63) is 181 Å². The Balaban J connectivity index is 1.28. The highest BCUT2D eigenvalue weighted by atomic mass is 16.3. The highest BCUT2D eigenvalue weighted by Gasteiger charge is 2.22. The van der Waals surface area contributed by atoms with Crippen molar-refractivity contribution in [3.63, 3.8) is 0 Å². The van der Waals surface area contributed by atoms with E-state index in [1.807, 2.05) is 13.1 Å². The summed E-state index contributed by atoms with van der Waals surface area (Å²) in [6.45, 7) is 0.387. The van der Waals surface area contributed by atoms with Gasteiger partial charge in [0, 0.05) is 61.9 Å². The molecule has 0 aliphatic carbocycles. The molecule has 0 unspecified atom stereocenters. The van der Waals surface area contributed by atoms with Crippen LogP contribution in [0.1, 0.15) is 11.1 Å². The van der Waals surface area contributed by atoms with Crippen LogP contribution in [0.2, 0.25) is 0 Å². The van der Waals surface area contributed by atoms with E-state index in [-0.39, 0.29) is 0 Å². The molecule has 0 atom stereocenters. The molecule has 5 nitrogen and oxygen atoms in total. The third kappa shape index (κ3) is 4.48. The van der Waals surface area contributed by atoms with Crippen LogP contribution in [0.3, 0.4) is 0 Å². The molecule has 0 amide bonds. The molecule has 0 aliphatic rings. The number of nitrogens with zero attached hydrogens (tertiary/aromatic N) is 3. The largest absolute Gasteiger partial charge is 0.454 e. The lowest BCUT2D eigenvalue weighted by Gasteiger charge is -2.14. The number of nitrogens with one attached hydrogen (secondary N) is 1. The smallest absolute Gasteiger partial charge is 0.159 e. The number of fused-ring (bicyclic) bond motifs is 12. The molecule has 3 heterocycles. The zero-order chi connectivity index (χ0) is 35.8. The monoisotopic (exact) mass is 694 g/mol. The SMILES string of the molecule is CNc1ccccc1/C(=N\Cn1c2cc3c(cc2c2ccc4c5ccccc5oc4c21)c1c2ccccc2ccc1n3-c1ccccc1)c1ccccc1. The molecule has 54 heavy (non-hydrogen) atoms. The summed E-state index contributed by atoms with van der Waals surface area (Å²) in [5.74, 6) is 0. The van der Waals surface area contributed by atoms with Crippen LogP contribution in [0, 0.1) is 0 Å². The highest BCUT2D eigenvalue weighted by molar-refractivity contribution is 6.27. The Kier molecular flexibility index (Phi) is 6.76. The number of benzene rings is 8. The summed E-state index contributed by atoms with van der Waals surface area (Å²) in [6.07, 6.45) is 0. The Morgan fingerprint density at radius 1 is 0.574 bits per heavy atom. The molecular weight excluding hydrogens is 661 g/mol. The minimum atomic E-state index is 0.387. The molecule has 3 aromatic heterocycles. The van der Waals surface area contributed by atoms with Crippen molar-refractivity contribution in [1.82, 2.24) is 9.13 Å². The van der Waals surface area contributed by atoms with Crippen LogP contribution in [0.5, 0.6) is 0 Å². The van der Waals surface area contributed by atoms with E-state index in [1.165, 1.54) is 32.4 Å². The number of aliphatic imine (C=N–C) groups is 1. The molecule has 0 saturated carbocycles. The second-order valence-corrected chi connectivity index (χ2v) is 13.9. The van der Waals surface area contributed by atoms with E-state index >= 15 is 0 Å². The summed E-state index contributed by atoms with van der Waals surface area (Å²) < 4.78 is 11.5. The molecule has 256 valence electrons. The Bertz CT molecular complexity index is 3270. The van der Waals surface area contributed by atoms with Crippen molar-refractivity contribution < 1.29 is 4.42 Å². The molecular formula is C49H34N4O. The standard InChI is InChI=1S/C49H34N4O/c1-50-41-22-12-10-21-38(41)47(32-15-4-2-5-16-32)51-30-52-43-29-44-40(28-39(43)36-25-26-37-35-20-11-13-23-45(35)54-49(37)48(36)52)46-34-19-9-8-14-31(34)24-27-42(46)53(44)33-17-6-3-7-18-33/h2-29,50H,30H2,1H3/b51-47-. The van der Waals surface area contributed by atoms with E-state index in [2.05, 4.69) is 178 Å². The maximum Gasteiger partial charge on any atom is 0.159 e. The average Bonchev–Trinajstić information content (AvgIpc) is 3.88. The minimum absolute atomic E-state index is 0.387. The van der Waals surface area contributed by atoms with Gasteiger partial charge < -0.3 is 18.9 Å². The molecule has 11 rings (SSSR count). The fourth-order valence-corrected chi connectivity index (χ4v) is 8.62. The van der Waals surface area contributed by atoms with Gasteiger partial charge in [-0.15, -0.1) is 0 Å². The van der Waals surface area contributed by atoms with Gasteiger partial charge in [0.1, 0.15) is 12.3 Å². The topological polar surface area (TPSA) is 47.4 Å². The molecule has 11 aromatic rings. The minimum Gasteiger partial charge on any atom is -0.454 e. The lowest BCUT2D eigenvalue weighted by Crippen LogP contribution is -2.09. The van der Waals surface area contributed by atoms with Crippen LogP contribution < -0.4 is 5.32 Å². The molecule has 0 bridgehead atoms. The van der Waals surface area contributed by atoms with Crippen molar-refractivity contribution in [2.75, 3.05) is 12.4 Å². The number of aromatic nitrogens is 2. The zero-order valence-corrected chi connectivity index (χ0v) is 29.6. The predicted molar refractivity (Wildman–Crippen MR) is 227 cm³/mol. The highest BCUT2D eigenvalue weighted by Crippen LogP contribution is 2.43. The lowest BCUT2D eigenvalue weighted by molar-refractivity contribution is 0.667. The average molecular weight is 695 g/mol. The van der Waals surface area contributed by atoms with Crippen molar-refractivity contribution in [1.29, 1.82) is 0 Å². The van der Waals surface area contributed by atoms with Gasteiger partial charge in [-0.1, -0.05) is 121 Å². The third-order valence-electron chi connectivity index (χ3n) is 11.0. The second kappa shape index (κ2) is 12.0. The first kappa shape index (κ1) is 30.5. The normalized spacial score (nSPS) is 12.4. The molecule has 0 saturated heterocycles. The van der Waals surface area contributed by atoms with Gasteiger partial charge >= 0.3 is 0 Å². The quantitative estimate of drug-likeness (QED) is 0.176. The van der Waals surface area contributed by atoms with Gasteiger partial charge in [-0.2, -0.15) is 0 Å². The Hall–Kier alpha value is -7.11. The first-order valence-electron chi connectivity index (χ1n) is 18.4. The summed E-state index contributed by atoms with van der Waals surface area (Å²) in [5, 5.41) is 12.9. The zero-order valence-electron chi connectivity index (χ0n) is 29.6. The molecule has 0 aliphatic heterocycles. The summed E-state index contributed by atoms with van der Waals surface area (Å²) >= 11 is 0. The van der Waals surface area contributed by atoms with Gasteiger partial charge in [0.15, 0.2) is 5.58 Å². The third-order valence-corrected chi connectivity index (χ3v) is 11.0. The van der Waals surface area contributed by atoms with Crippen LogP contribution in [0.4, 0.5) is 5.69 Å². The number of furan rings is 1. The Labute approximate surface area is 311 Å². The first-order chi connectivity index (χ1) is 26.8. The number of hydrogen-bond donors (Lipinski definition) is 1. The van der Waals surface area contributed by atoms with Gasteiger partial charge in [-0.05, 0) is 59.3 Å².